The summed E-state index contributed by atoms with van der Waals surface area (Å²) >= 11 is 3.39. The first-order valence-electron chi connectivity index (χ1n) is 5.91. The molecule has 96 valence electrons. The molecule has 19 heavy (non-hydrogen) atoms. The molecule has 0 saturated carbocycles. The number of nitrogens with zero attached hydrogens (tertiary/aromatic N) is 1. The standard InChI is InChI=1S/C15H13BrN2O/c16-13-7-6-12(11-17)15(10-13)18-8-9-19-14-4-2-1-3-5-14/h1-7,10,18H,8-9H2. The number of nitrogens with one attached hydrogen (secondary N) is 1. The van der Waals surface area contributed by atoms with Gasteiger partial charge in [0.25, 0.3) is 0 Å². The van der Waals surface area contributed by atoms with Crippen LogP contribution >= 0.6 is 15.9 Å². The average Bonchev–Trinajstić information content (AvgIpc) is 2.45. The number of para-hydroxylation sites is 1. The highest BCUT2D eigenvalue weighted by Crippen LogP contribution is 2.20. The molecule has 2 aromatic rings. The van der Waals surface area contributed by atoms with Crippen molar-refractivity contribution in [2.75, 3.05) is 18.5 Å². The number of anilines is 1. The largest absolute Gasteiger partial charge is 0.492 e. The first kappa shape index (κ1) is 13.4. The van der Waals surface area contributed by atoms with Crippen LogP contribution in [0.1, 0.15) is 5.56 Å². The van der Waals surface area contributed by atoms with Crippen LogP contribution in [0.5, 0.6) is 5.75 Å². The maximum atomic E-state index is 9.01. The lowest BCUT2D eigenvalue weighted by Gasteiger charge is -2.10. The van der Waals surface area contributed by atoms with E-state index in [1.165, 1.54) is 0 Å². The Morgan fingerprint density at radius 2 is 1.95 bits per heavy atom. The second-order valence-corrected chi connectivity index (χ2v) is 4.81. The van der Waals surface area contributed by atoms with E-state index in [4.69, 9.17) is 10.00 Å². The molecular weight excluding hydrogens is 304 g/mol. The molecule has 4 heteroatoms. The topological polar surface area (TPSA) is 45.0 Å². The number of hydrogen-bond donors (Lipinski definition) is 1. The smallest absolute Gasteiger partial charge is 0.119 e. The summed E-state index contributed by atoms with van der Waals surface area (Å²) in [5.41, 5.74) is 1.44. The monoisotopic (exact) mass is 316 g/mol. The molecule has 2 rings (SSSR count). The lowest BCUT2D eigenvalue weighted by Crippen LogP contribution is -2.12. The molecule has 0 heterocycles. The summed E-state index contributed by atoms with van der Waals surface area (Å²) in [6.45, 7) is 1.18. The zero-order chi connectivity index (χ0) is 13.5. The van der Waals surface area contributed by atoms with Gasteiger partial charge in [0, 0.05) is 11.0 Å². The Morgan fingerprint density at radius 3 is 2.68 bits per heavy atom. The second-order valence-electron chi connectivity index (χ2n) is 3.89. The molecule has 0 atom stereocenters. The van der Waals surface area contributed by atoms with Gasteiger partial charge in [-0.25, -0.2) is 0 Å². The van der Waals surface area contributed by atoms with Gasteiger partial charge in [0.1, 0.15) is 18.4 Å². The van der Waals surface area contributed by atoms with Crippen LogP contribution in [-0.4, -0.2) is 13.2 Å². The number of hydrogen-bond acceptors (Lipinski definition) is 3. The summed E-state index contributed by atoms with van der Waals surface area (Å²) in [5.74, 6) is 0.846. The molecule has 0 aliphatic heterocycles. The van der Waals surface area contributed by atoms with Crippen molar-refractivity contribution in [1.29, 1.82) is 5.26 Å². The van der Waals surface area contributed by atoms with Crippen molar-refractivity contribution in [1.82, 2.24) is 0 Å². The van der Waals surface area contributed by atoms with E-state index in [2.05, 4.69) is 27.3 Å². The van der Waals surface area contributed by atoms with E-state index in [0.717, 1.165) is 15.9 Å². The fourth-order valence-corrected chi connectivity index (χ4v) is 1.99. The average molecular weight is 317 g/mol. The fourth-order valence-electron chi connectivity index (χ4n) is 1.63. The third kappa shape index (κ3) is 4.01. The van der Waals surface area contributed by atoms with Gasteiger partial charge in [-0.05, 0) is 30.3 Å². The van der Waals surface area contributed by atoms with Crippen molar-refractivity contribution in [3.05, 3.63) is 58.6 Å². The zero-order valence-electron chi connectivity index (χ0n) is 10.3. The van der Waals surface area contributed by atoms with E-state index in [1.807, 2.05) is 42.5 Å². The van der Waals surface area contributed by atoms with Crippen LogP contribution in [0.25, 0.3) is 0 Å². The van der Waals surface area contributed by atoms with E-state index in [0.29, 0.717) is 18.7 Å². The molecule has 0 unspecified atom stereocenters. The summed E-state index contributed by atoms with van der Waals surface area (Å²) in [7, 11) is 0. The van der Waals surface area contributed by atoms with Crippen molar-refractivity contribution in [3.8, 4) is 11.8 Å². The molecule has 0 saturated heterocycles. The Bertz CT molecular complexity index is 578. The highest BCUT2D eigenvalue weighted by Gasteiger charge is 2.02. The molecule has 2 aromatic carbocycles. The van der Waals surface area contributed by atoms with E-state index < -0.39 is 0 Å². The summed E-state index contributed by atoms with van der Waals surface area (Å²) in [6.07, 6.45) is 0. The predicted molar refractivity (Wildman–Crippen MR) is 79.3 cm³/mol. The Morgan fingerprint density at radius 1 is 1.16 bits per heavy atom. The second kappa shape index (κ2) is 6.81. The lowest BCUT2D eigenvalue weighted by molar-refractivity contribution is 0.333. The van der Waals surface area contributed by atoms with E-state index in [9.17, 15) is 0 Å². The molecule has 0 radical (unpaired) electrons. The summed E-state index contributed by atoms with van der Waals surface area (Å²) < 4.78 is 6.52. The van der Waals surface area contributed by atoms with Gasteiger partial charge in [0.05, 0.1) is 11.3 Å². The summed E-state index contributed by atoms with van der Waals surface area (Å²) in [6, 6.07) is 17.3. The molecule has 0 aliphatic carbocycles. The van der Waals surface area contributed by atoms with Crippen LogP contribution in [0.15, 0.2) is 53.0 Å². The SMILES string of the molecule is N#Cc1ccc(Br)cc1NCCOc1ccccc1. The summed E-state index contributed by atoms with van der Waals surface area (Å²) in [5, 5.41) is 12.2. The first-order chi connectivity index (χ1) is 9.29. The van der Waals surface area contributed by atoms with Gasteiger partial charge in [0.15, 0.2) is 0 Å². The number of ether oxygens (including phenoxy) is 1. The normalized spacial score (nSPS) is 9.68. The van der Waals surface area contributed by atoms with Crippen LogP contribution in [-0.2, 0) is 0 Å². The van der Waals surface area contributed by atoms with Gasteiger partial charge in [-0.3, -0.25) is 0 Å². The maximum absolute atomic E-state index is 9.01. The Hall–Kier alpha value is -1.99. The highest BCUT2D eigenvalue weighted by molar-refractivity contribution is 9.10. The number of nitriles is 1. The minimum absolute atomic E-state index is 0.543. The van der Waals surface area contributed by atoms with Crippen LogP contribution < -0.4 is 10.1 Å². The minimum Gasteiger partial charge on any atom is -0.492 e. The van der Waals surface area contributed by atoms with Crippen LogP contribution in [0.4, 0.5) is 5.69 Å². The molecule has 0 spiro atoms. The van der Waals surface area contributed by atoms with Crippen LogP contribution in [0, 0.1) is 11.3 Å². The Labute approximate surface area is 121 Å². The van der Waals surface area contributed by atoms with E-state index in [-0.39, 0.29) is 0 Å². The van der Waals surface area contributed by atoms with Crippen molar-refractivity contribution < 1.29 is 4.74 Å². The molecule has 0 bridgehead atoms. The van der Waals surface area contributed by atoms with Crippen molar-refractivity contribution >= 4 is 21.6 Å². The molecule has 0 aliphatic rings. The molecule has 0 amide bonds. The van der Waals surface area contributed by atoms with E-state index >= 15 is 0 Å². The number of rotatable bonds is 5. The molecule has 1 N–H and O–H groups in total. The third-order valence-electron chi connectivity index (χ3n) is 2.53. The van der Waals surface area contributed by atoms with Crippen molar-refractivity contribution in [2.45, 2.75) is 0 Å². The molecule has 0 fully saturated rings. The first-order valence-corrected chi connectivity index (χ1v) is 6.70. The summed E-state index contributed by atoms with van der Waals surface area (Å²) in [4.78, 5) is 0. The van der Waals surface area contributed by atoms with Crippen LogP contribution in [0.3, 0.4) is 0 Å². The maximum Gasteiger partial charge on any atom is 0.119 e. The quantitative estimate of drug-likeness (QED) is 0.853. The molecule has 3 nitrogen and oxygen atoms in total. The van der Waals surface area contributed by atoms with Gasteiger partial charge < -0.3 is 10.1 Å². The van der Waals surface area contributed by atoms with Crippen LogP contribution in [0.2, 0.25) is 0 Å². The van der Waals surface area contributed by atoms with Gasteiger partial charge >= 0.3 is 0 Å². The van der Waals surface area contributed by atoms with Gasteiger partial charge in [-0.15, -0.1) is 0 Å². The van der Waals surface area contributed by atoms with Crippen molar-refractivity contribution in [2.24, 2.45) is 0 Å². The van der Waals surface area contributed by atoms with Gasteiger partial charge in [-0.1, -0.05) is 34.1 Å². The zero-order valence-corrected chi connectivity index (χ0v) is 11.9. The predicted octanol–water partition coefficient (Wildman–Crippen LogP) is 3.81. The van der Waals surface area contributed by atoms with Gasteiger partial charge in [0.2, 0.25) is 0 Å². The Balaban J connectivity index is 1.86. The van der Waals surface area contributed by atoms with Crippen molar-refractivity contribution in [3.63, 3.8) is 0 Å². The molecule has 0 aromatic heterocycles. The minimum atomic E-state index is 0.543. The fraction of sp³-hybridized carbons (Fsp3) is 0.133. The number of benzene rings is 2. The third-order valence-corrected chi connectivity index (χ3v) is 3.02. The number of halogens is 1. The highest BCUT2D eigenvalue weighted by atomic mass is 79.9. The Kier molecular flexibility index (Phi) is 4.82. The van der Waals surface area contributed by atoms with E-state index in [1.54, 1.807) is 6.07 Å². The molecular formula is C15H13BrN2O. The lowest BCUT2D eigenvalue weighted by atomic mass is 10.2. The van der Waals surface area contributed by atoms with Gasteiger partial charge in [-0.2, -0.15) is 5.26 Å².